The van der Waals surface area contributed by atoms with Gasteiger partial charge in [-0.2, -0.15) is 9.61 Å². The Bertz CT molecular complexity index is 517. The molecule has 0 fully saturated rings. The minimum Gasteiger partial charge on any atom is -0.366 e. The van der Waals surface area contributed by atoms with E-state index in [1.807, 2.05) is 23.6 Å². The van der Waals surface area contributed by atoms with Crippen molar-refractivity contribution in [1.82, 2.24) is 19.5 Å². The third-order valence-electron chi connectivity index (χ3n) is 2.92. The number of hydrogen-bond acceptors (Lipinski definition) is 4. The van der Waals surface area contributed by atoms with Crippen LogP contribution < -0.4 is 5.32 Å². The molecule has 0 saturated carbocycles. The Balaban J connectivity index is 2.26. The van der Waals surface area contributed by atoms with Crippen molar-refractivity contribution < 1.29 is 0 Å². The summed E-state index contributed by atoms with van der Waals surface area (Å²) >= 11 is 0. The predicted molar refractivity (Wildman–Crippen MR) is 74.0 cm³/mol. The lowest BCUT2D eigenvalue weighted by atomic mass is 10.2. The summed E-state index contributed by atoms with van der Waals surface area (Å²) in [7, 11) is 4.18. The molecular weight excluding hydrogens is 226 g/mol. The molecule has 2 rings (SSSR count). The molecule has 98 valence electrons. The lowest BCUT2D eigenvalue weighted by molar-refractivity contribution is 0.378. The number of nitrogens with zero attached hydrogens (tertiary/aromatic N) is 4. The number of likely N-dealkylation sites (N-methyl/N-ethyl adjacent to an activating group) is 1. The average molecular weight is 247 g/mol. The van der Waals surface area contributed by atoms with Crippen LogP contribution >= 0.6 is 0 Å². The Morgan fingerprint density at radius 3 is 2.89 bits per heavy atom. The van der Waals surface area contributed by atoms with E-state index in [0.29, 0.717) is 6.04 Å². The molecule has 0 amide bonds. The van der Waals surface area contributed by atoms with E-state index in [0.717, 1.165) is 30.1 Å². The predicted octanol–water partition coefficient (Wildman–Crippen LogP) is 1.79. The van der Waals surface area contributed by atoms with Crippen LogP contribution in [0.1, 0.15) is 19.0 Å². The van der Waals surface area contributed by atoms with Crippen molar-refractivity contribution in [3.63, 3.8) is 0 Å². The molecule has 0 aliphatic rings. The van der Waals surface area contributed by atoms with Crippen molar-refractivity contribution in [3.8, 4) is 0 Å². The van der Waals surface area contributed by atoms with Crippen LogP contribution in [-0.2, 0) is 0 Å². The maximum atomic E-state index is 4.44. The Morgan fingerprint density at radius 1 is 1.44 bits per heavy atom. The zero-order chi connectivity index (χ0) is 13.1. The van der Waals surface area contributed by atoms with E-state index < -0.39 is 0 Å². The highest BCUT2D eigenvalue weighted by molar-refractivity contribution is 5.49. The normalized spacial score (nSPS) is 13.2. The second-order valence-electron chi connectivity index (χ2n) is 4.90. The monoisotopic (exact) mass is 247 g/mol. The maximum absolute atomic E-state index is 4.44. The minimum atomic E-state index is 0.411. The third kappa shape index (κ3) is 2.79. The van der Waals surface area contributed by atoms with E-state index in [2.05, 4.69) is 41.3 Å². The minimum absolute atomic E-state index is 0.411. The van der Waals surface area contributed by atoms with Crippen molar-refractivity contribution in [1.29, 1.82) is 0 Å². The first-order valence-corrected chi connectivity index (χ1v) is 6.32. The van der Waals surface area contributed by atoms with Gasteiger partial charge in [-0.05, 0) is 27.4 Å². The summed E-state index contributed by atoms with van der Waals surface area (Å²) in [5, 5.41) is 7.85. The van der Waals surface area contributed by atoms with Crippen LogP contribution in [0.25, 0.3) is 5.65 Å². The van der Waals surface area contributed by atoms with Gasteiger partial charge < -0.3 is 10.2 Å². The molecule has 0 aromatic carbocycles. The molecule has 5 heteroatoms. The fraction of sp³-hybridized carbons (Fsp3) is 0.538. The first-order valence-electron chi connectivity index (χ1n) is 6.32. The number of aryl methyl sites for hydroxylation is 1. The van der Waals surface area contributed by atoms with Gasteiger partial charge in [0, 0.05) is 30.4 Å². The Hall–Kier alpha value is -1.62. The molecule has 0 spiro atoms. The molecule has 5 nitrogen and oxygen atoms in total. The van der Waals surface area contributed by atoms with Crippen molar-refractivity contribution in [2.24, 2.45) is 0 Å². The summed E-state index contributed by atoms with van der Waals surface area (Å²) in [5.74, 6) is 1.01. The summed E-state index contributed by atoms with van der Waals surface area (Å²) < 4.78 is 1.85. The van der Waals surface area contributed by atoms with Crippen LogP contribution in [0.5, 0.6) is 0 Å². The number of anilines is 1. The molecule has 0 aliphatic heterocycles. The molecule has 2 aromatic heterocycles. The quantitative estimate of drug-likeness (QED) is 0.875. The molecular formula is C13H21N5. The van der Waals surface area contributed by atoms with E-state index in [1.54, 1.807) is 6.20 Å². The van der Waals surface area contributed by atoms with E-state index in [9.17, 15) is 0 Å². The van der Waals surface area contributed by atoms with E-state index >= 15 is 0 Å². The highest BCUT2D eigenvalue weighted by Gasteiger charge is 2.10. The summed E-state index contributed by atoms with van der Waals surface area (Å²) in [6, 6.07) is 4.37. The molecule has 0 saturated heterocycles. The highest BCUT2D eigenvalue weighted by atomic mass is 15.3. The largest absolute Gasteiger partial charge is 0.366 e. The second kappa shape index (κ2) is 5.35. The van der Waals surface area contributed by atoms with Gasteiger partial charge in [0.25, 0.3) is 0 Å². The van der Waals surface area contributed by atoms with Crippen molar-refractivity contribution in [2.45, 2.75) is 26.3 Å². The van der Waals surface area contributed by atoms with Gasteiger partial charge in [-0.25, -0.2) is 4.98 Å². The van der Waals surface area contributed by atoms with Crippen LogP contribution in [-0.4, -0.2) is 46.2 Å². The smallest absolute Gasteiger partial charge is 0.157 e. The van der Waals surface area contributed by atoms with Crippen LogP contribution in [0, 0.1) is 6.92 Å². The maximum Gasteiger partial charge on any atom is 0.157 e. The Morgan fingerprint density at radius 2 is 2.22 bits per heavy atom. The molecule has 0 unspecified atom stereocenters. The zero-order valence-corrected chi connectivity index (χ0v) is 11.5. The van der Waals surface area contributed by atoms with Gasteiger partial charge in [0.1, 0.15) is 5.82 Å². The standard InChI is InChI=1S/C13H21N5/c1-5-11(9-17(3)4)16-13-8-10(2)15-12-6-7-14-18(12)13/h6-8,11,16H,5,9H2,1-4H3/t11-/m1/s1. The second-order valence-corrected chi connectivity index (χ2v) is 4.90. The molecule has 0 bridgehead atoms. The highest BCUT2D eigenvalue weighted by Crippen LogP contribution is 2.13. The number of nitrogens with one attached hydrogen (secondary N) is 1. The van der Waals surface area contributed by atoms with E-state index in [4.69, 9.17) is 0 Å². The van der Waals surface area contributed by atoms with Gasteiger partial charge in [0.2, 0.25) is 0 Å². The third-order valence-corrected chi connectivity index (χ3v) is 2.92. The van der Waals surface area contributed by atoms with Crippen LogP contribution in [0.3, 0.4) is 0 Å². The molecule has 0 aliphatic carbocycles. The topological polar surface area (TPSA) is 45.5 Å². The van der Waals surface area contributed by atoms with Gasteiger partial charge in [-0.3, -0.25) is 0 Å². The van der Waals surface area contributed by atoms with Gasteiger partial charge in [0.05, 0.1) is 6.20 Å². The van der Waals surface area contributed by atoms with Crippen molar-refractivity contribution in [3.05, 3.63) is 24.0 Å². The number of aromatic nitrogens is 3. The van der Waals surface area contributed by atoms with Gasteiger partial charge in [-0.15, -0.1) is 0 Å². The number of rotatable bonds is 5. The fourth-order valence-corrected chi connectivity index (χ4v) is 2.07. The Labute approximate surface area is 108 Å². The number of hydrogen-bond donors (Lipinski definition) is 1. The van der Waals surface area contributed by atoms with Crippen LogP contribution in [0.4, 0.5) is 5.82 Å². The van der Waals surface area contributed by atoms with Crippen LogP contribution in [0.2, 0.25) is 0 Å². The fourth-order valence-electron chi connectivity index (χ4n) is 2.07. The molecule has 2 aromatic rings. The first-order chi connectivity index (χ1) is 8.60. The van der Waals surface area contributed by atoms with Crippen LogP contribution in [0.15, 0.2) is 18.3 Å². The van der Waals surface area contributed by atoms with Gasteiger partial charge >= 0.3 is 0 Å². The van der Waals surface area contributed by atoms with Crippen molar-refractivity contribution in [2.75, 3.05) is 26.0 Å². The summed E-state index contributed by atoms with van der Waals surface area (Å²) in [6.45, 7) is 5.20. The van der Waals surface area contributed by atoms with E-state index in [1.165, 1.54) is 0 Å². The summed E-state index contributed by atoms with van der Waals surface area (Å²) in [4.78, 5) is 6.63. The average Bonchev–Trinajstić information content (AvgIpc) is 2.75. The number of fused-ring (bicyclic) bond motifs is 1. The van der Waals surface area contributed by atoms with Crippen molar-refractivity contribution >= 4 is 11.5 Å². The molecule has 18 heavy (non-hydrogen) atoms. The van der Waals surface area contributed by atoms with Gasteiger partial charge in [-0.1, -0.05) is 6.92 Å². The molecule has 1 N–H and O–H groups in total. The first kappa shape index (κ1) is 12.8. The molecule has 0 radical (unpaired) electrons. The summed E-state index contributed by atoms with van der Waals surface area (Å²) in [6.07, 6.45) is 2.85. The Kier molecular flexibility index (Phi) is 3.81. The van der Waals surface area contributed by atoms with E-state index in [-0.39, 0.29) is 0 Å². The lowest BCUT2D eigenvalue weighted by Crippen LogP contribution is -2.32. The summed E-state index contributed by atoms with van der Waals surface area (Å²) in [5.41, 5.74) is 1.89. The lowest BCUT2D eigenvalue weighted by Gasteiger charge is -2.22. The SMILES string of the molecule is CC[C@H](CN(C)C)Nc1cc(C)nc2ccnn12. The zero-order valence-electron chi connectivity index (χ0n) is 11.5. The van der Waals surface area contributed by atoms with Gasteiger partial charge in [0.15, 0.2) is 5.65 Å². The molecule has 2 heterocycles. The molecule has 1 atom stereocenters.